The Hall–Kier alpha value is -2.28. The predicted octanol–water partition coefficient (Wildman–Crippen LogP) is 1.94. The van der Waals surface area contributed by atoms with Crippen molar-refractivity contribution in [2.24, 2.45) is 5.73 Å². The highest BCUT2D eigenvalue weighted by molar-refractivity contribution is 5.81. The van der Waals surface area contributed by atoms with Gasteiger partial charge in [-0.25, -0.2) is 4.98 Å². The van der Waals surface area contributed by atoms with Crippen LogP contribution in [0.3, 0.4) is 0 Å². The molecule has 1 heterocycles. The maximum atomic E-state index is 10.9. The molecule has 2 rings (SSSR count). The van der Waals surface area contributed by atoms with E-state index in [1.807, 2.05) is 11.5 Å². The van der Waals surface area contributed by atoms with Crippen molar-refractivity contribution >= 4 is 17.0 Å². The normalized spacial score (nSPS) is 12.4. The Labute approximate surface area is 128 Å². The van der Waals surface area contributed by atoms with E-state index >= 15 is 0 Å². The van der Waals surface area contributed by atoms with Gasteiger partial charge in [0, 0.05) is 18.7 Å². The zero-order valence-electron chi connectivity index (χ0n) is 13.0. The number of carboxylic acids is 1. The fourth-order valence-electron chi connectivity index (χ4n) is 2.38. The Morgan fingerprint density at radius 3 is 2.55 bits per heavy atom. The number of imidazole rings is 1. The molecule has 1 aromatic carbocycles. The standard InChI is InChI=1S/C15H21N3O4/c1-4-9(16)15-17-10-7-12(21-2)13(22-3)8-11(10)18(15)6-5-14(19)20/h7-9H,4-6,16H2,1-3H3,(H,19,20). The second-order valence-electron chi connectivity index (χ2n) is 4.98. The Bertz CT molecular complexity index is 681. The zero-order valence-corrected chi connectivity index (χ0v) is 13.0. The Kier molecular flexibility index (Phi) is 4.87. The molecular formula is C15H21N3O4. The molecule has 0 radical (unpaired) electrons. The van der Waals surface area contributed by atoms with Crippen molar-refractivity contribution in [1.29, 1.82) is 0 Å². The molecule has 0 saturated heterocycles. The van der Waals surface area contributed by atoms with Gasteiger partial charge in [0.2, 0.25) is 0 Å². The van der Waals surface area contributed by atoms with Crippen molar-refractivity contribution in [3.05, 3.63) is 18.0 Å². The minimum atomic E-state index is -0.863. The second-order valence-corrected chi connectivity index (χ2v) is 4.98. The number of rotatable bonds is 7. The van der Waals surface area contributed by atoms with Gasteiger partial charge in [0.15, 0.2) is 11.5 Å². The minimum absolute atomic E-state index is 0.00321. The van der Waals surface area contributed by atoms with Gasteiger partial charge >= 0.3 is 5.97 Å². The first-order chi connectivity index (χ1) is 10.5. The van der Waals surface area contributed by atoms with E-state index in [1.54, 1.807) is 26.4 Å². The SMILES string of the molecule is CCC(N)c1nc2cc(OC)c(OC)cc2n1CCC(=O)O. The predicted molar refractivity (Wildman–Crippen MR) is 82.3 cm³/mol. The summed E-state index contributed by atoms with van der Waals surface area (Å²) in [5, 5.41) is 8.94. The van der Waals surface area contributed by atoms with Gasteiger partial charge in [0.1, 0.15) is 5.82 Å². The molecule has 3 N–H and O–H groups in total. The highest BCUT2D eigenvalue weighted by Crippen LogP contribution is 2.33. The van der Waals surface area contributed by atoms with Crippen molar-refractivity contribution in [1.82, 2.24) is 9.55 Å². The summed E-state index contributed by atoms with van der Waals surface area (Å²) in [6, 6.07) is 3.32. The fraction of sp³-hybridized carbons (Fsp3) is 0.467. The number of benzene rings is 1. The quantitative estimate of drug-likeness (QED) is 0.811. The third-order valence-corrected chi connectivity index (χ3v) is 3.60. The van der Waals surface area contributed by atoms with Crippen LogP contribution < -0.4 is 15.2 Å². The average molecular weight is 307 g/mol. The molecule has 7 nitrogen and oxygen atoms in total. The molecule has 0 aliphatic heterocycles. The van der Waals surface area contributed by atoms with E-state index in [0.29, 0.717) is 35.8 Å². The highest BCUT2D eigenvalue weighted by Gasteiger charge is 2.19. The number of aryl methyl sites for hydroxylation is 1. The summed E-state index contributed by atoms with van der Waals surface area (Å²) in [6.45, 7) is 2.27. The summed E-state index contributed by atoms with van der Waals surface area (Å²) in [7, 11) is 3.12. The van der Waals surface area contributed by atoms with Gasteiger partial charge in [-0.05, 0) is 6.42 Å². The Balaban J connectivity index is 2.61. The molecule has 0 amide bonds. The second kappa shape index (κ2) is 6.65. The van der Waals surface area contributed by atoms with Crippen molar-refractivity contribution < 1.29 is 19.4 Å². The number of ether oxygens (including phenoxy) is 2. The van der Waals surface area contributed by atoms with E-state index in [1.165, 1.54) is 0 Å². The van der Waals surface area contributed by atoms with Gasteiger partial charge < -0.3 is 24.9 Å². The summed E-state index contributed by atoms with van der Waals surface area (Å²) in [5.74, 6) is 0.963. The third-order valence-electron chi connectivity index (χ3n) is 3.60. The lowest BCUT2D eigenvalue weighted by molar-refractivity contribution is -0.137. The molecule has 1 aromatic heterocycles. The maximum absolute atomic E-state index is 10.9. The van der Waals surface area contributed by atoms with Crippen LogP contribution in [0.1, 0.15) is 31.6 Å². The van der Waals surface area contributed by atoms with E-state index in [9.17, 15) is 4.79 Å². The highest BCUT2D eigenvalue weighted by atomic mass is 16.5. The summed E-state index contributed by atoms with van der Waals surface area (Å²) >= 11 is 0. The lowest BCUT2D eigenvalue weighted by atomic mass is 10.2. The van der Waals surface area contributed by atoms with E-state index in [0.717, 1.165) is 5.52 Å². The van der Waals surface area contributed by atoms with Crippen LogP contribution in [0.15, 0.2) is 12.1 Å². The number of carboxylic acid groups (broad SMARTS) is 1. The minimum Gasteiger partial charge on any atom is -0.493 e. The summed E-state index contributed by atoms with van der Waals surface area (Å²) in [5.41, 5.74) is 7.61. The molecule has 2 aromatic rings. The molecule has 1 unspecified atom stereocenters. The van der Waals surface area contributed by atoms with Crippen LogP contribution in [0.4, 0.5) is 0 Å². The van der Waals surface area contributed by atoms with Gasteiger partial charge in [-0.2, -0.15) is 0 Å². The van der Waals surface area contributed by atoms with Gasteiger partial charge in [-0.15, -0.1) is 0 Å². The monoisotopic (exact) mass is 307 g/mol. The molecule has 120 valence electrons. The average Bonchev–Trinajstić information content (AvgIpc) is 2.87. The van der Waals surface area contributed by atoms with Gasteiger partial charge in [0.05, 0.1) is 37.7 Å². The first kappa shape index (κ1) is 16.1. The number of nitrogens with zero attached hydrogens (tertiary/aromatic N) is 2. The molecule has 0 fully saturated rings. The molecule has 0 bridgehead atoms. The summed E-state index contributed by atoms with van der Waals surface area (Å²) in [4.78, 5) is 15.5. The Morgan fingerprint density at radius 1 is 1.36 bits per heavy atom. The molecule has 0 saturated carbocycles. The van der Waals surface area contributed by atoms with Crippen molar-refractivity contribution in [3.63, 3.8) is 0 Å². The molecule has 0 aliphatic carbocycles. The number of aromatic nitrogens is 2. The molecule has 7 heteroatoms. The molecule has 0 aliphatic rings. The first-order valence-corrected chi connectivity index (χ1v) is 7.11. The van der Waals surface area contributed by atoms with E-state index in [2.05, 4.69) is 4.98 Å². The first-order valence-electron chi connectivity index (χ1n) is 7.11. The number of hydrogen-bond acceptors (Lipinski definition) is 5. The number of hydrogen-bond donors (Lipinski definition) is 2. The summed E-state index contributed by atoms with van der Waals surface area (Å²) in [6.07, 6.45) is 0.716. The molecular weight excluding hydrogens is 286 g/mol. The summed E-state index contributed by atoms with van der Waals surface area (Å²) < 4.78 is 12.4. The van der Waals surface area contributed by atoms with Crippen LogP contribution in [0.5, 0.6) is 11.5 Å². The van der Waals surface area contributed by atoms with Crippen molar-refractivity contribution in [3.8, 4) is 11.5 Å². The number of fused-ring (bicyclic) bond motifs is 1. The van der Waals surface area contributed by atoms with E-state index in [-0.39, 0.29) is 12.5 Å². The molecule has 1 atom stereocenters. The molecule has 22 heavy (non-hydrogen) atoms. The van der Waals surface area contributed by atoms with E-state index in [4.69, 9.17) is 20.3 Å². The van der Waals surface area contributed by atoms with Crippen LogP contribution in [0, 0.1) is 0 Å². The van der Waals surface area contributed by atoms with Crippen LogP contribution in [0.2, 0.25) is 0 Å². The van der Waals surface area contributed by atoms with Crippen molar-refractivity contribution in [2.45, 2.75) is 32.4 Å². The van der Waals surface area contributed by atoms with Crippen LogP contribution in [0.25, 0.3) is 11.0 Å². The Morgan fingerprint density at radius 2 is 2.00 bits per heavy atom. The maximum Gasteiger partial charge on any atom is 0.305 e. The zero-order chi connectivity index (χ0) is 16.3. The van der Waals surface area contributed by atoms with Crippen LogP contribution in [-0.4, -0.2) is 34.8 Å². The van der Waals surface area contributed by atoms with Gasteiger partial charge in [-0.3, -0.25) is 4.79 Å². The van der Waals surface area contributed by atoms with Crippen molar-refractivity contribution in [2.75, 3.05) is 14.2 Å². The lowest BCUT2D eigenvalue weighted by Crippen LogP contribution is -2.17. The van der Waals surface area contributed by atoms with Crippen LogP contribution in [-0.2, 0) is 11.3 Å². The largest absolute Gasteiger partial charge is 0.493 e. The molecule has 0 spiro atoms. The topological polar surface area (TPSA) is 99.6 Å². The number of nitrogens with two attached hydrogens (primary N) is 1. The van der Waals surface area contributed by atoms with E-state index < -0.39 is 5.97 Å². The number of carbonyl (C=O) groups is 1. The number of aliphatic carboxylic acids is 1. The van der Waals surface area contributed by atoms with Gasteiger partial charge in [0.25, 0.3) is 0 Å². The lowest BCUT2D eigenvalue weighted by Gasteiger charge is -2.13. The smallest absolute Gasteiger partial charge is 0.305 e. The van der Waals surface area contributed by atoms with Crippen LogP contribution >= 0.6 is 0 Å². The van der Waals surface area contributed by atoms with Gasteiger partial charge in [-0.1, -0.05) is 6.92 Å². The number of methoxy groups -OCH3 is 2. The fourth-order valence-corrected chi connectivity index (χ4v) is 2.38. The third kappa shape index (κ3) is 2.99.